The highest BCUT2D eigenvalue weighted by molar-refractivity contribution is 9.10. The molecule has 2 amide bonds. The lowest BCUT2D eigenvalue weighted by molar-refractivity contribution is -0.140. The molecule has 1 aliphatic rings. The van der Waals surface area contributed by atoms with E-state index in [-0.39, 0.29) is 18.6 Å². The van der Waals surface area contributed by atoms with Crippen molar-refractivity contribution in [1.29, 1.82) is 0 Å². The fourth-order valence-electron chi connectivity index (χ4n) is 3.23. The van der Waals surface area contributed by atoms with E-state index in [4.69, 9.17) is 9.47 Å². The summed E-state index contributed by atoms with van der Waals surface area (Å²) in [5.41, 5.74) is 1.96. The maximum absolute atomic E-state index is 13.1. The molecule has 0 saturated heterocycles. The first kappa shape index (κ1) is 21.2. The number of hydrogen-bond acceptors (Lipinski definition) is 4. The van der Waals surface area contributed by atoms with Gasteiger partial charge < -0.3 is 19.7 Å². The molecule has 2 aromatic rings. The number of aryl methyl sites for hydroxylation is 1. The van der Waals surface area contributed by atoms with Crippen LogP contribution in [0.1, 0.15) is 31.4 Å². The number of amides is 2. The number of halogens is 1. The van der Waals surface area contributed by atoms with Crippen LogP contribution in [0, 0.1) is 0 Å². The Bertz CT molecular complexity index is 887. The van der Waals surface area contributed by atoms with Gasteiger partial charge in [-0.05, 0) is 55.7 Å². The summed E-state index contributed by atoms with van der Waals surface area (Å²) in [6.07, 6.45) is 0.865. The fourth-order valence-corrected chi connectivity index (χ4v) is 3.67. The van der Waals surface area contributed by atoms with E-state index in [1.165, 1.54) is 0 Å². The molecule has 1 heterocycles. The molecule has 29 heavy (non-hydrogen) atoms. The van der Waals surface area contributed by atoms with Gasteiger partial charge in [-0.25, -0.2) is 0 Å². The summed E-state index contributed by atoms with van der Waals surface area (Å²) in [6.45, 7) is 4.76. The zero-order valence-electron chi connectivity index (χ0n) is 16.6. The van der Waals surface area contributed by atoms with Gasteiger partial charge in [0.05, 0.1) is 0 Å². The van der Waals surface area contributed by atoms with Crippen molar-refractivity contribution in [3.63, 3.8) is 0 Å². The average Bonchev–Trinajstić information content (AvgIpc) is 3.18. The summed E-state index contributed by atoms with van der Waals surface area (Å²) in [7, 11) is 0. The largest absolute Gasteiger partial charge is 0.454 e. The Hall–Kier alpha value is -2.54. The topological polar surface area (TPSA) is 67.9 Å². The van der Waals surface area contributed by atoms with Gasteiger partial charge >= 0.3 is 0 Å². The number of hydrogen-bond donors (Lipinski definition) is 1. The number of fused-ring (bicyclic) bond motifs is 1. The van der Waals surface area contributed by atoms with Gasteiger partial charge in [0.25, 0.3) is 0 Å². The molecule has 0 aromatic heterocycles. The minimum absolute atomic E-state index is 0.0682. The molecule has 1 unspecified atom stereocenters. The lowest BCUT2D eigenvalue weighted by atomic mass is 10.1. The Kier molecular flexibility index (Phi) is 7.14. The van der Waals surface area contributed by atoms with Crippen molar-refractivity contribution in [1.82, 2.24) is 10.2 Å². The Morgan fingerprint density at radius 2 is 1.93 bits per heavy atom. The minimum atomic E-state index is -0.557. The van der Waals surface area contributed by atoms with Gasteiger partial charge in [0.2, 0.25) is 18.6 Å². The first-order valence-corrected chi connectivity index (χ1v) is 10.5. The molecule has 1 atom stereocenters. The monoisotopic (exact) mass is 460 g/mol. The highest BCUT2D eigenvalue weighted by atomic mass is 79.9. The van der Waals surface area contributed by atoms with E-state index < -0.39 is 6.04 Å². The van der Waals surface area contributed by atoms with E-state index in [1.54, 1.807) is 11.8 Å². The van der Waals surface area contributed by atoms with Gasteiger partial charge in [-0.1, -0.05) is 34.1 Å². The summed E-state index contributed by atoms with van der Waals surface area (Å²) in [4.78, 5) is 27.1. The summed E-state index contributed by atoms with van der Waals surface area (Å²) in [5.74, 6) is 1.21. The molecule has 6 nitrogen and oxygen atoms in total. The SMILES string of the molecule is CCNC(=O)C(C)N(Cc1cccc(Br)c1)C(=O)CCc1ccc2c(c1)OCO2. The molecule has 3 rings (SSSR count). The third kappa shape index (κ3) is 5.50. The molecule has 0 spiro atoms. The third-order valence-electron chi connectivity index (χ3n) is 4.82. The van der Waals surface area contributed by atoms with E-state index in [0.29, 0.717) is 31.7 Å². The molecular weight excluding hydrogens is 436 g/mol. The van der Waals surface area contributed by atoms with Crippen molar-refractivity contribution in [2.45, 2.75) is 39.3 Å². The smallest absolute Gasteiger partial charge is 0.242 e. The Labute approximate surface area is 179 Å². The molecule has 0 aliphatic carbocycles. The molecule has 0 fully saturated rings. The minimum Gasteiger partial charge on any atom is -0.454 e. The van der Waals surface area contributed by atoms with Crippen LogP contribution < -0.4 is 14.8 Å². The molecule has 1 N–H and O–H groups in total. The number of benzene rings is 2. The highest BCUT2D eigenvalue weighted by Gasteiger charge is 2.25. The normalized spacial score (nSPS) is 13.1. The molecular formula is C22H25BrN2O4. The first-order chi connectivity index (χ1) is 14.0. The number of ether oxygens (including phenoxy) is 2. The number of likely N-dealkylation sites (N-methyl/N-ethyl adjacent to an activating group) is 1. The maximum Gasteiger partial charge on any atom is 0.242 e. The second-order valence-electron chi connectivity index (χ2n) is 6.91. The van der Waals surface area contributed by atoms with Gasteiger partial charge in [0.1, 0.15) is 6.04 Å². The summed E-state index contributed by atoms with van der Waals surface area (Å²) in [5, 5.41) is 2.81. The van der Waals surface area contributed by atoms with Crippen LogP contribution in [0.15, 0.2) is 46.9 Å². The fraction of sp³-hybridized carbons (Fsp3) is 0.364. The van der Waals surface area contributed by atoms with Gasteiger partial charge in [-0.2, -0.15) is 0 Å². The summed E-state index contributed by atoms with van der Waals surface area (Å²) in [6, 6.07) is 12.9. The van der Waals surface area contributed by atoms with Gasteiger partial charge in [0.15, 0.2) is 11.5 Å². The van der Waals surface area contributed by atoms with E-state index >= 15 is 0 Å². The Morgan fingerprint density at radius 3 is 2.69 bits per heavy atom. The predicted molar refractivity (Wildman–Crippen MR) is 114 cm³/mol. The van der Waals surface area contributed by atoms with Crippen LogP contribution in [0.5, 0.6) is 11.5 Å². The summed E-state index contributed by atoms with van der Waals surface area (Å²) >= 11 is 3.46. The Balaban J connectivity index is 1.71. The van der Waals surface area contributed by atoms with E-state index in [9.17, 15) is 9.59 Å². The predicted octanol–water partition coefficient (Wildman–Crippen LogP) is 3.66. The Morgan fingerprint density at radius 1 is 1.14 bits per heavy atom. The molecule has 154 valence electrons. The summed E-state index contributed by atoms with van der Waals surface area (Å²) < 4.78 is 11.7. The van der Waals surface area contributed by atoms with Gasteiger partial charge in [-0.15, -0.1) is 0 Å². The molecule has 0 saturated carbocycles. The number of nitrogens with zero attached hydrogens (tertiary/aromatic N) is 1. The van der Waals surface area contributed by atoms with E-state index in [1.807, 2.05) is 49.4 Å². The second-order valence-corrected chi connectivity index (χ2v) is 7.83. The van der Waals surface area contributed by atoms with Crippen LogP contribution in [0.25, 0.3) is 0 Å². The lowest BCUT2D eigenvalue weighted by Gasteiger charge is -2.29. The molecule has 0 radical (unpaired) electrons. The van der Waals surface area contributed by atoms with Crippen molar-refractivity contribution in [3.05, 3.63) is 58.1 Å². The van der Waals surface area contributed by atoms with Crippen molar-refractivity contribution in [2.75, 3.05) is 13.3 Å². The number of carbonyl (C=O) groups is 2. The standard InChI is InChI=1S/C22H25BrN2O4/c1-3-24-22(27)15(2)25(13-17-5-4-6-18(23)11-17)21(26)10-8-16-7-9-19-20(12-16)29-14-28-19/h4-7,9,11-12,15H,3,8,10,13-14H2,1-2H3,(H,24,27). The van der Waals surface area contributed by atoms with Crippen LogP contribution in [-0.4, -0.2) is 36.1 Å². The highest BCUT2D eigenvalue weighted by Crippen LogP contribution is 2.32. The third-order valence-corrected chi connectivity index (χ3v) is 5.32. The second kappa shape index (κ2) is 9.78. The van der Waals surface area contributed by atoms with Gasteiger partial charge in [-0.3, -0.25) is 9.59 Å². The quantitative estimate of drug-likeness (QED) is 0.652. The van der Waals surface area contributed by atoms with Crippen molar-refractivity contribution >= 4 is 27.7 Å². The maximum atomic E-state index is 13.1. The number of nitrogens with one attached hydrogen (secondary N) is 1. The van der Waals surface area contributed by atoms with Crippen molar-refractivity contribution in [3.8, 4) is 11.5 Å². The number of rotatable bonds is 8. The van der Waals surface area contributed by atoms with E-state index in [2.05, 4.69) is 21.2 Å². The van der Waals surface area contributed by atoms with Crippen LogP contribution in [0.3, 0.4) is 0 Å². The molecule has 0 bridgehead atoms. The van der Waals surface area contributed by atoms with Crippen molar-refractivity contribution in [2.24, 2.45) is 0 Å². The molecule has 1 aliphatic heterocycles. The van der Waals surface area contributed by atoms with E-state index in [0.717, 1.165) is 21.3 Å². The zero-order valence-corrected chi connectivity index (χ0v) is 18.2. The molecule has 2 aromatic carbocycles. The number of carbonyl (C=O) groups excluding carboxylic acids is 2. The molecule has 7 heteroatoms. The van der Waals surface area contributed by atoms with Crippen LogP contribution >= 0.6 is 15.9 Å². The first-order valence-electron chi connectivity index (χ1n) is 9.68. The van der Waals surface area contributed by atoms with Gasteiger partial charge in [0, 0.05) is 24.0 Å². The van der Waals surface area contributed by atoms with Crippen LogP contribution in [0.2, 0.25) is 0 Å². The van der Waals surface area contributed by atoms with Crippen LogP contribution in [0.4, 0.5) is 0 Å². The zero-order chi connectivity index (χ0) is 20.8. The lowest BCUT2D eigenvalue weighted by Crippen LogP contribution is -2.47. The van der Waals surface area contributed by atoms with Crippen LogP contribution in [-0.2, 0) is 22.6 Å². The van der Waals surface area contributed by atoms with Crippen molar-refractivity contribution < 1.29 is 19.1 Å². The average molecular weight is 461 g/mol.